The van der Waals surface area contributed by atoms with Crippen molar-refractivity contribution >= 4 is 56.7 Å². The highest BCUT2D eigenvalue weighted by Gasteiger charge is 2.36. The van der Waals surface area contributed by atoms with Crippen molar-refractivity contribution in [2.24, 2.45) is 5.92 Å². The Hall–Kier alpha value is -2.38. The van der Waals surface area contributed by atoms with Crippen molar-refractivity contribution in [3.05, 3.63) is 57.5 Å². The predicted octanol–water partition coefficient (Wildman–Crippen LogP) is 4.20. The van der Waals surface area contributed by atoms with Crippen molar-refractivity contribution in [2.45, 2.75) is 19.8 Å². The molecule has 2 aromatic rings. The van der Waals surface area contributed by atoms with Gasteiger partial charge in [-0.25, -0.2) is 0 Å². The van der Waals surface area contributed by atoms with Crippen LogP contribution >= 0.6 is 27.5 Å². The lowest BCUT2D eigenvalue weighted by Gasteiger charge is -2.16. The number of anilines is 2. The Morgan fingerprint density at radius 2 is 2.07 bits per heavy atom. The van der Waals surface area contributed by atoms with Gasteiger partial charge in [-0.1, -0.05) is 40.5 Å². The Labute approximate surface area is 182 Å². The number of esters is 1. The van der Waals surface area contributed by atoms with Gasteiger partial charge in [0.2, 0.25) is 5.91 Å². The van der Waals surface area contributed by atoms with Crippen LogP contribution < -0.4 is 10.2 Å². The van der Waals surface area contributed by atoms with Gasteiger partial charge in [-0.3, -0.25) is 14.4 Å². The van der Waals surface area contributed by atoms with E-state index < -0.39 is 24.4 Å². The van der Waals surface area contributed by atoms with Crippen LogP contribution in [0.5, 0.6) is 0 Å². The minimum atomic E-state index is -0.617. The summed E-state index contributed by atoms with van der Waals surface area (Å²) in [5.74, 6) is -1.79. The van der Waals surface area contributed by atoms with E-state index in [4.69, 9.17) is 16.3 Å². The highest BCUT2D eigenvalue weighted by molar-refractivity contribution is 9.10. The number of hydrogen-bond acceptors (Lipinski definition) is 4. The minimum Gasteiger partial charge on any atom is -0.455 e. The van der Waals surface area contributed by atoms with Crippen LogP contribution in [0.4, 0.5) is 11.4 Å². The normalized spacial score (nSPS) is 16.0. The molecule has 0 unspecified atom stereocenters. The van der Waals surface area contributed by atoms with Crippen LogP contribution in [0, 0.1) is 5.92 Å². The van der Waals surface area contributed by atoms with Gasteiger partial charge in [0, 0.05) is 33.8 Å². The van der Waals surface area contributed by atoms with Crippen molar-refractivity contribution in [3.8, 4) is 0 Å². The van der Waals surface area contributed by atoms with Crippen LogP contribution in [0.3, 0.4) is 0 Å². The van der Waals surface area contributed by atoms with E-state index in [1.165, 1.54) is 4.90 Å². The molecule has 1 heterocycles. The molecule has 29 heavy (non-hydrogen) atoms. The fraction of sp³-hybridized carbons (Fsp3) is 0.286. The molecule has 0 aromatic heterocycles. The number of rotatable bonds is 6. The molecule has 0 radical (unpaired) electrons. The molecule has 2 aromatic carbocycles. The van der Waals surface area contributed by atoms with Crippen LogP contribution in [0.15, 0.2) is 46.9 Å². The highest BCUT2D eigenvalue weighted by Crippen LogP contribution is 2.28. The molecule has 0 aliphatic carbocycles. The number of nitrogens with one attached hydrogen (secondary N) is 1. The van der Waals surface area contributed by atoms with Gasteiger partial charge in [0.25, 0.3) is 5.91 Å². The van der Waals surface area contributed by atoms with Crippen molar-refractivity contribution in [1.29, 1.82) is 0 Å². The van der Waals surface area contributed by atoms with Gasteiger partial charge in [0.1, 0.15) is 0 Å². The molecule has 1 atom stereocenters. The zero-order valence-electron chi connectivity index (χ0n) is 15.8. The van der Waals surface area contributed by atoms with Crippen LogP contribution in [-0.2, 0) is 25.5 Å². The molecule has 1 saturated heterocycles. The molecule has 152 valence electrons. The summed E-state index contributed by atoms with van der Waals surface area (Å²) in [6.45, 7) is 1.78. The van der Waals surface area contributed by atoms with Crippen LogP contribution in [0.25, 0.3) is 0 Å². The lowest BCUT2D eigenvalue weighted by Crippen LogP contribution is -2.28. The maximum atomic E-state index is 12.3. The van der Waals surface area contributed by atoms with Gasteiger partial charge in [-0.05, 0) is 48.4 Å². The fourth-order valence-electron chi connectivity index (χ4n) is 3.18. The molecular formula is C21H20BrClN2O4. The highest BCUT2D eigenvalue weighted by atomic mass is 79.9. The molecule has 0 spiro atoms. The zero-order valence-corrected chi connectivity index (χ0v) is 18.1. The third-order valence-electron chi connectivity index (χ3n) is 4.65. The molecule has 1 aliphatic heterocycles. The molecule has 1 aliphatic rings. The molecule has 2 amide bonds. The number of hydrogen-bond donors (Lipinski definition) is 1. The number of amides is 2. The van der Waals surface area contributed by atoms with E-state index in [2.05, 4.69) is 21.2 Å². The van der Waals surface area contributed by atoms with Gasteiger partial charge in [-0.15, -0.1) is 0 Å². The lowest BCUT2D eigenvalue weighted by molar-refractivity contribution is -0.151. The van der Waals surface area contributed by atoms with Gasteiger partial charge in [-0.2, -0.15) is 0 Å². The second-order valence-electron chi connectivity index (χ2n) is 6.70. The zero-order chi connectivity index (χ0) is 21.0. The Kier molecular flexibility index (Phi) is 6.92. The standard InChI is InChI=1S/C21H20BrClN2O4/c1-2-13-8-15(22)6-7-18(13)24-19(26)12-29-21(28)14-9-20(27)25(11-14)17-5-3-4-16(23)10-17/h3-8,10,14H,2,9,11-12H2,1H3,(H,24,26)/t14-/m1/s1. The minimum absolute atomic E-state index is 0.0413. The number of ether oxygens (including phenoxy) is 1. The number of halogens is 2. The monoisotopic (exact) mass is 478 g/mol. The Morgan fingerprint density at radius 1 is 1.28 bits per heavy atom. The van der Waals surface area contributed by atoms with E-state index in [0.29, 0.717) is 16.4 Å². The van der Waals surface area contributed by atoms with Gasteiger partial charge in [0.05, 0.1) is 5.92 Å². The average molecular weight is 480 g/mol. The molecule has 0 saturated carbocycles. The summed E-state index contributed by atoms with van der Waals surface area (Å²) in [6.07, 6.45) is 0.790. The van der Waals surface area contributed by atoms with Crippen LogP contribution in [-0.4, -0.2) is 30.9 Å². The molecule has 1 N–H and O–H groups in total. The summed E-state index contributed by atoms with van der Waals surface area (Å²) in [5, 5.41) is 3.27. The summed E-state index contributed by atoms with van der Waals surface area (Å²) < 4.78 is 6.07. The number of carbonyl (C=O) groups excluding carboxylic acids is 3. The summed E-state index contributed by atoms with van der Waals surface area (Å²) in [7, 11) is 0. The van der Waals surface area contributed by atoms with E-state index >= 15 is 0 Å². The number of aryl methyl sites for hydroxylation is 1. The molecule has 6 nitrogen and oxygen atoms in total. The second-order valence-corrected chi connectivity index (χ2v) is 8.05. The van der Waals surface area contributed by atoms with Crippen molar-refractivity contribution in [3.63, 3.8) is 0 Å². The van der Waals surface area contributed by atoms with Crippen LogP contribution in [0.1, 0.15) is 18.9 Å². The Balaban J connectivity index is 1.54. The second kappa shape index (κ2) is 9.41. The first-order chi connectivity index (χ1) is 13.9. The van der Waals surface area contributed by atoms with Crippen molar-refractivity contribution in [1.82, 2.24) is 0 Å². The molecule has 8 heteroatoms. The van der Waals surface area contributed by atoms with Gasteiger partial charge >= 0.3 is 5.97 Å². The van der Waals surface area contributed by atoms with E-state index in [1.54, 1.807) is 30.3 Å². The summed E-state index contributed by atoms with van der Waals surface area (Å²) in [6, 6.07) is 12.4. The molecule has 0 bridgehead atoms. The van der Waals surface area contributed by atoms with Gasteiger partial charge in [0.15, 0.2) is 6.61 Å². The summed E-state index contributed by atoms with van der Waals surface area (Å²) >= 11 is 9.37. The molecular weight excluding hydrogens is 460 g/mol. The average Bonchev–Trinajstić information content (AvgIpc) is 3.09. The van der Waals surface area contributed by atoms with Gasteiger partial charge < -0.3 is 15.0 Å². The number of carbonyl (C=O) groups is 3. The quantitative estimate of drug-likeness (QED) is 0.630. The largest absolute Gasteiger partial charge is 0.455 e. The number of benzene rings is 2. The van der Waals surface area contributed by atoms with Crippen molar-refractivity contribution < 1.29 is 19.1 Å². The third-order valence-corrected chi connectivity index (χ3v) is 5.37. The summed E-state index contributed by atoms with van der Waals surface area (Å²) in [5.41, 5.74) is 2.29. The number of nitrogens with zero attached hydrogens (tertiary/aromatic N) is 1. The Bertz CT molecular complexity index is 950. The molecule has 1 fully saturated rings. The Morgan fingerprint density at radius 3 is 2.79 bits per heavy atom. The third kappa shape index (κ3) is 5.36. The van der Waals surface area contributed by atoms with E-state index in [0.717, 1.165) is 16.5 Å². The fourth-order valence-corrected chi connectivity index (χ4v) is 3.77. The predicted molar refractivity (Wildman–Crippen MR) is 115 cm³/mol. The van der Waals surface area contributed by atoms with E-state index in [9.17, 15) is 14.4 Å². The topological polar surface area (TPSA) is 75.7 Å². The smallest absolute Gasteiger partial charge is 0.311 e. The first-order valence-corrected chi connectivity index (χ1v) is 10.3. The maximum absolute atomic E-state index is 12.3. The maximum Gasteiger partial charge on any atom is 0.311 e. The first-order valence-electron chi connectivity index (χ1n) is 9.18. The van der Waals surface area contributed by atoms with Crippen molar-refractivity contribution in [2.75, 3.05) is 23.4 Å². The van der Waals surface area contributed by atoms with Crippen LogP contribution in [0.2, 0.25) is 5.02 Å². The SMILES string of the molecule is CCc1cc(Br)ccc1NC(=O)COC(=O)[C@@H]1CC(=O)N(c2cccc(Cl)c2)C1. The van der Waals surface area contributed by atoms with E-state index in [-0.39, 0.29) is 18.9 Å². The van der Waals surface area contributed by atoms with E-state index in [1.807, 2.05) is 19.1 Å². The lowest BCUT2D eigenvalue weighted by atomic mass is 10.1. The molecule has 3 rings (SSSR count). The summed E-state index contributed by atoms with van der Waals surface area (Å²) in [4.78, 5) is 38.3. The first kappa shape index (κ1) is 21.3.